The van der Waals surface area contributed by atoms with Gasteiger partial charge in [-0.05, 0) is 38.0 Å². The largest absolute Gasteiger partial charge is 0.409 e. The second-order valence-electron chi connectivity index (χ2n) is 5.25. The predicted octanol–water partition coefficient (Wildman–Crippen LogP) is 1.04. The first-order valence-corrected chi connectivity index (χ1v) is 6.43. The Morgan fingerprint density at radius 2 is 2.12 bits per heavy atom. The number of oxime groups is 1. The highest BCUT2D eigenvalue weighted by molar-refractivity contribution is 5.85. The van der Waals surface area contributed by atoms with E-state index in [2.05, 4.69) is 17.4 Å². The van der Waals surface area contributed by atoms with Crippen molar-refractivity contribution in [2.45, 2.75) is 57.5 Å². The molecule has 0 saturated heterocycles. The molecule has 5 N–H and O–H groups in total. The third-order valence-corrected chi connectivity index (χ3v) is 3.90. The SMILES string of the molecule is CCC(NC1(CO)CCC(C)CC1)/C(N)=N/O. The zero-order valence-electron chi connectivity index (χ0n) is 10.8. The van der Waals surface area contributed by atoms with E-state index in [1.165, 1.54) is 0 Å². The van der Waals surface area contributed by atoms with E-state index in [0.717, 1.165) is 38.0 Å². The molecule has 0 heterocycles. The maximum absolute atomic E-state index is 9.62. The lowest BCUT2D eigenvalue weighted by molar-refractivity contribution is 0.100. The van der Waals surface area contributed by atoms with Gasteiger partial charge in [-0.3, -0.25) is 5.32 Å². The molecule has 0 bridgehead atoms. The van der Waals surface area contributed by atoms with Crippen molar-refractivity contribution >= 4 is 5.84 Å². The minimum absolute atomic E-state index is 0.106. The summed E-state index contributed by atoms with van der Waals surface area (Å²) in [6, 6.07) is -0.166. The van der Waals surface area contributed by atoms with E-state index >= 15 is 0 Å². The first kappa shape index (κ1) is 14.3. The quantitative estimate of drug-likeness (QED) is 0.251. The van der Waals surface area contributed by atoms with E-state index in [-0.39, 0.29) is 24.0 Å². The number of aliphatic hydroxyl groups excluding tert-OH is 1. The van der Waals surface area contributed by atoms with E-state index in [1.54, 1.807) is 0 Å². The fourth-order valence-electron chi connectivity index (χ4n) is 2.49. The molecule has 0 aliphatic heterocycles. The van der Waals surface area contributed by atoms with Gasteiger partial charge in [0.25, 0.3) is 0 Å². The second-order valence-corrected chi connectivity index (χ2v) is 5.25. The van der Waals surface area contributed by atoms with Crippen LogP contribution in [-0.2, 0) is 0 Å². The predicted molar refractivity (Wildman–Crippen MR) is 68.1 cm³/mol. The van der Waals surface area contributed by atoms with Crippen LogP contribution in [0, 0.1) is 5.92 Å². The van der Waals surface area contributed by atoms with E-state index in [9.17, 15) is 5.11 Å². The van der Waals surface area contributed by atoms with Crippen molar-refractivity contribution in [2.24, 2.45) is 16.8 Å². The maximum Gasteiger partial charge on any atom is 0.156 e. The molecule has 1 atom stereocenters. The molecule has 0 aromatic heterocycles. The minimum Gasteiger partial charge on any atom is -0.409 e. The van der Waals surface area contributed by atoms with Gasteiger partial charge in [-0.2, -0.15) is 0 Å². The molecule has 1 saturated carbocycles. The summed E-state index contributed by atoms with van der Waals surface area (Å²) in [5.41, 5.74) is 5.38. The fourth-order valence-corrected chi connectivity index (χ4v) is 2.49. The number of hydrogen-bond donors (Lipinski definition) is 4. The summed E-state index contributed by atoms with van der Waals surface area (Å²) >= 11 is 0. The Morgan fingerprint density at radius 3 is 2.53 bits per heavy atom. The van der Waals surface area contributed by atoms with Crippen LogP contribution in [0.3, 0.4) is 0 Å². The first-order chi connectivity index (χ1) is 8.06. The van der Waals surface area contributed by atoms with Gasteiger partial charge in [-0.15, -0.1) is 0 Å². The van der Waals surface area contributed by atoms with Gasteiger partial charge < -0.3 is 16.0 Å². The summed E-state index contributed by atoms with van der Waals surface area (Å²) in [6.45, 7) is 4.32. The molecule has 17 heavy (non-hydrogen) atoms. The molecular formula is C12H25N3O2. The number of nitrogens with zero attached hydrogens (tertiary/aromatic N) is 1. The molecule has 0 aromatic rings. The van der Waals surface area contributed by atoms with Crippen molar-refractivity contribution in [3.05, 3.63) is 0 Å². The molecular weight excluding hydrogens is 218 g/mol. The average molecular weight is 243 g/mol. The van der Waals surface area contributed by atoms with Gasteiger partial charge in [0.2, 0.25) is 0 Å². The molecule has 1 aliphatic carbocycles. The Balaban J connectivity index is 2.67. The zero-order valence-corrected chi connectivity index (χ0v) is 10.8. The Bertz CT molecular complexity index is 260. The van der Waals surface area contributed by atoms with Gasteiger partial charge in [0.05, 0.1) is 12.6 Å². The van der Waals surface area contributed by atoms with Gasteiger partial charge in [0.1, 0.15) is 0 Å². The van der Waals surface area contributed by atoms with Crippen molar-refractivity contribution in [1.82, 2.24) is 5.32 Å². The van der Waals surface area contributed by atoms with E-state index in [1.807, 2.05) is 6.92 Å². The maximum atomic E-state index is 9.62. The highest BCUT2D eigenvalue weighted by atomic mass is 16.4. The summed E-state index contributed by atoms with van der Waals surface area (Å²) < 4.78 is 0. The average Bonchev–Trinajstić information content (AvgIpc) is 2.38. The Hall–Kier alpha value is -0.810. The summed E-state index contributed by atoms with van der Waals surface area (Å²) in [6.07, 6.45) is 4.85. The van der Waals surface area contributed by atoms with Crippen LogP contribution in [0.25, 0.3) is 0 Å². The van der Waals surface area contributed by atoms with Crippen molar-refractivity contribution in [2.75, 3.05) is 6.61 Å². The summed E-state index contributed by atoms with van der Waals surface area (Å²) in [7, 11) is 0. The molecule has 0 aromatic carbocycles. The smallest absolute Gasteiger partial charge is 0.156 e. The van der Waals surface area contributed by atoms with Crippen molar-refractivity contribution in [1.29, 1.82) is 0 Å². The van der Waals surface area contributed by atoms with Crippen LogP contribution in [0.5, 0.6) is 0 Å². The van der Waals surface area contributed by atoms with Gasteiger partial charge in [0, 0.05) is 5.54 Å². The topological polar surface area (TPSA) is 90.9 Å². The molecule has 5 nitrogen and oxygen atoms in total. The Kier molecular flexibility index (Phi) is 5.21. The van der Waals surface area contributed by atoms with Crippen LogP contribution in [0.15, 0.2) is 5.16 Å². The Morgan fingerprint density at radius 1 is 1.53 bits per heavy atom. The van der Waals surface area contributed by atoms with Crippen LogP contribution in [-0.4, -0.2) is 34.3 Å². The van der Waals surface area contributed by atoms with Crippen LogP contribution >= 0.6 is 0 Å². The summed E-state index contributed by atoms with van der Waals surface area (Å²) in [4.78, 5) is 0. The van der Waals surface area contributed by atoms with E-state index in [4.69, 9.17) is 10.9 Å². The number of hydrogen-bond acceptors (Lipinski definition) is 4. The number of aliphatic hydroxyl groups is 1. The molecule has 0 radical (unpaired) electrons. The van der Waals surface area contributed by atoms with Crippen LogP contribution in [0.4, 0.5) is 0 Å². The number of nitrogens with one attached hydrogen (secondary N) is 1. The first-order valence-electron chi connectivity index (χ1n) is 6.43. The minimum atomic E-state index is -0.261. The van der Waals surface area contributed by atoms with Gasteiger partial charge in [-0.25, -0.2) is 0 Å². The van der Waals surface area contributed by atoms with Crippen molar-refractivity contribution in [3.63, 3.8) is 0 Å². The highest BCUT2D eigenvalue weighted by Crippen LogP contribution is 2.32. The zero-order chi connectivity index (χ0) is 12.9. The fraction of sp³-hybridized carbons (Fsp3) is 0.917. The van der Waals surface area contributed by atoms with Gasteiger partial charge in [-0.1, -0.05) is 19.0 Å². The van der Waals surface area contributed by atoms with Crippen LogP contribution in [0.1, 0.15) is 46.0 Å². The lowest BCUT2D eigenvalue weighted by Gasteiger charge is -2.41. The molecule has 0 spiro atoms. The van der Waals surface area contributed by atoms with Crippen molar-refractivity contribution < 1.29 is 10.3 Å². The van der Waals surface area contributed by atoms with Gasteiger partial charge in [0.15, 0.2) is 5.84 Å². The molecule has 0 amide bonds. The van der Waals surface area contributed by atoms with E-state index < -0.39 is 0 Å². The monoisotopic (exact) mass is 243 g/mol. The molecule has 100 valence electrons. The third kappa shape index (κ3) is 3.57. The molecule has 1 unspecified atom stereocenters. The van der Waals surface area contributed by atoms with Crippen molar-refractivity contribution in [3.8, 4) is 0 Å². The molecule has 1 aliphatic rings. The second kappa shape index (κ2) is 6.21. The lowest BCUT2D eigenvalue weighted by atomic mass is 9.77. The molecule has 1 fully saturated rings. The standard InChI is InChI=1S/C12H25N3O2/c1-3-10(11(13)15-17)14-12(8-16)6-4-9(2)5-7-12/h9-10,14,16-17H,3-8H2,1-2H3,(H2,13,15). The number of amidine groups is 1. The van der Waals surface area contributed by atoms with Crippen LogP contribution < -0.4 is 11.1 Å². The Labute approximate surface area is 103 Å². The van der Waals surface area contributed by atoms with Gasteiger partial charge >= 0.3 is 0 Å². The number of nitrogens with two attached hydrogens (primary N) is 1. The molecule has 5 heteroatoms. The third-order valence-electron chi connectivity index (χ3n) is 3.90. The lowest BCUT2D eigenvalue weighted by Crippen LogP contribution is -2.58. The van der Waals surface area contributed by atoms with E-state index in [0.29, 0.717) is 0 Å². The van der Waals surface area contributed by atoms with Crippen LogP contribution in [0.2, 0.25) is 0 Å². The number of rotatable bonds is 5. The highest BCUT2D eigenvalue weighted by Gasteiger charge is 2.35. The summed E-state index contributed by atoms with van der Waals surface area (Å²) in [5.74, 6) is 0.916. The normalized spacial score (nSPS) is 32.4. The summed E-state index contributed by atoms with van der Waals surface area (Å²) in [5, 5.41) is 24.8. The molecule has 1 rings (SSSR count).